The monoisotopic (exact) mass is 514 g/mol. The second-order valence-corrected chi connectivity index (χ2v) is 6.40. The number of anilines is 1. The van der Waals surface area contributed by atoms with Crippen molar-refractivity contribution in [3.63, 3.8) is 0 Å². The maximum Gasteiger partial charge on any atom is 0.191 e. The van der Waals surface area contributed by atoms with Crippen LogP contribution in [0, 0.1) is 0 Å². The van der Waals surface area contributed by atoms with Gasteiger partial charge in [-0.3, -0.25) is 9.67 Å². The molecule has 0 aliphatic carbocycles. The molecule has 0 radical (unpaired) electrons. The molecule has 0 fully saturated rings. The normalized spacial score (nSPS) is 11.2. The minimum absolute atomic E-state index is 0. The van der Waals surface area contributed by atoms with Crippen LogP contribution in [0.5, 0.6) is 0 Å². The number of rotatable bonds is 7. The predicted octanol–water partition coefficient (Wildman–Crippen LogP) is 2.45. The Balaban J connectivity index is 0.00000280. The van der Waals surface area contributed by atoms with Crippen LogP contribution in [0.3, 0.4) is 0 Å². The number of hydrogen-bond acceptors (Lipinski definition) is 5. The van der Waals surface area contributed by atoms with Crippen molar-refractivity contribution in [2.24, 2.45) is 12.0 Å². The maximum absolute atomic E-state index is 6.01. The van der Waals surface area contributed by atoms with Gasteiger partial charge >= 0.3 is 0 Å². The summed E-state index contributed by atoms with van der Waals surface area (Å²) in [5, 5.41) is 15.8. The van der Waals surface area contributed by atoms with Gasteiger partial charge in [0.15, 0.2) is 11.6 Å². The number of nitrogens with zero attached hydrogens (tertiary/aromatic N) is 5. The van der Waals surface area contributed by atoms with Crippen LogP contribution in [0.1, 0.15) is 5.56 Å². The lowest BCUT2D eigenvalue weighted by molar-refractivity contribution is 0.785. The molecule has 3 aromatic rings. The Hall–Kier alpha value is -2.14. The summed E-state index contributed by atoms with van der Waals surface area (Å²) in [5.74, 6) is 1.53. The molecule has 2 aromatic heterocycles. The average Bonchev–Trinajstić information content (AvgIpc) is 3.05. The Kier molecular flexibility index (Phi) is 8.71. The van der Waals surface area contributed by atoms with Crippen molar-refractivity contribution in [2.45, 2.75) is 6.42 Å². The maximum atomic E-state index is 6.01. The van der Waals surface area contributed by atoms with Gasteiger partial charge in [0.1, 0.15) is 12.1 Å². The zero-order valence-electron chi connectivity index (χ0n) is 15.8. The Morgan fingerprint density at radius 2 is 2.00 bits per heavy atom. The molecule has 0 aliphatic heterocycles. The molecule has 0 aliphatic rings. The summed E-state index contributed by atoms with van der Waals surface area (Å²) in [6.07, 6.45) is 4.18. The van der Waals surface area contributed by atoms with Crippen LogP contribution < -0.4 is 16.0 Å². The third kappa shape index (κ3) is 5.93. The van der Waals surface area contributed by atoms with Gasteiger partial charge in [-0.2, -0.15) is 5.10 Å². The molecule has 0 saturated carbocycles. The van der Waals surface area contributed by atoms with Gasteiger partial charge < -0.3 is 16.0 Å². The number of fused-ring (bicyclic) bond motifs is 1. The van der Waals surface area contributed by atoms with Crippen molar-refractivity contribution in [3.8, 4) is 0 Å². The van der Waals surface area contributed by atoms with Gasteiger partial charge in [0, 0.05) is 38.8 Å². The zero-order valence-corrected chi connectivity index (χ0v) is 18.9. The molecule has 0 atom stereocenters. The lowest BCUT2D eigenvalue weighted by Crippen LogP contribution is -2.40. The fourth-order valence-electron chi connectivity index (χ4n) is 2.70. The van der Waals surface area contributed by atoms with Crippen molar-refractivity contribution in [3.05, 3.63) is 47.4 Å². The molecule has 0 saturated heterocycles. The largest absolute Gasteiger partial charge is 0.368 e. The Morgan fingerprint density at radius 3 is 2.79 bits per heavy atom. The first kappa shape index (κ1) is 22.2. The van der Waals surface area contributed by atoms with Crippen LogP contribution >= 0.6 is 35.6 Å². The number of benzene rings is 1. The second-order valence-electron chi connectivity index (χ2n) is 5.96. The van der Waals surface area contributed by atoms with E-state index in [-0.39, 0.29) is 24.0 Å². The molecule has 0 bridgehead atoms. The van der Waals surface area contributed by atoms with Crippen molar-refractivity contribution in [2.75, 3.05) is 32.0 Å². The van der Waals surface area contributed by atoms with Crippen LogP contribution in [-0.2, 0) is 13.5 Å². The molecule has 2 heterocycles. The Bertz CT molecular complexity index is 927. The number of guanidine groups is 1. The smallest absolute Gasteiger partial charge is 0.191 e. The number of halogens is 2. The number of hydrogen-bond donors (Lipinski definition) is 3. The zero-order chi connectivity index (χ0) is 19.1. The molecular weight excluding hydrogens is 491 g/mol. The van der Waals surface area contributed by atoms with Crippen LogP contribution in [0.4, 0.5) is 5.82 Å². The SMILES string of the molecule is CN=C(NCCNc1ncnc2c1cnn2C)NCCc1cccc(Cl)c1.I. The predicted molar refractivity (Wildman–Crippen MR) is 125 cm³/mol. The van der Waals surface area contributed by atoms with Gasteiger partial charge in [0.05, 0.1) is 11.6 Å². The molecule has 8 nitrogen and oxygen atoms in total. The molecule has 1 aromatic carbocycles. The van der Waals surface area contributed by atoms with E-state index in [2.05, 4.69) is 42.1 Å². The first-order chi connectivity index (χ1) is 13.2. The summed E-state index contributed by atoms with van der Waals surface area (Å²) in [5.41, 5.74) is 2.00. The van der Waals surface area contributed by atoms with E-state index in [0.717, 1.165) is 40.8 Å². The summed E-state index contributed by atoms with van der Waals surface area (Å²) in [4.78, 5) is 12.8. The fourth-order valence-corrected chi connectivity index (χ4v) is 2.92. The average molecular weight is 515 g/mol. The lowest BCUT2D eigenvalue weighted by atomic mass is 10.1. The van der Waals surface area contributed by atoms with Gasteiger partial charge in [0.25, 0.3) is 0 Å². The molecular formula is C18H24ClIN8. The van der Waals surface area contributed by atoms with Crippen molar-refractivity contribution < 1.29 is 0 Å². The quantitative estimate of drug-likeness (QED) is 0.194. The van der Waals surface area contributed by atoms with E-state index in [1.54, 1.807) is 17.9 Å². The highest BCUT2D eigenvalue weighted by Gasteiger charge is 2.07. The van der Waals surface area contributed by atoms with Crippen molar-refractivity contribution in [1.29, 1.82) is 0 Å². The molecule has 150 valence electrons. The van der Waals surface area contributed by atoms with E-state index in [4.69, 9.17) is 11.6 Å². The minimum Gasteiger partial charge on any atom is -0.368 e. The molecule has 28 heavy (non-hydrogen) atoms. The third-order valence-electron chi connectivity index (χ3n) is 4.06. The summed E-state index contributed by atoms with van der Waals surface area (Å²) < 4.78 is 1.73. The Morgan fingerprint density at radius 1 is 1.18 bits per heavy atom. The van der Waals surface area contributed by atoms with E-state index in [1.807, 2.05) is 25.2 Å². The Labute approximate surface area is 186 Å². The van der Waals surface area contributed by atoms with Gasteiger partial charge in [-0.15, -0.1) is 24.0 Å². The minimum atomic E-state index is 0. The van der Waals surface area contributed by atoms with Crippen molar-refractivity contribution in [1.82, 2.24) is 30.4 Å². The molecule has 0 amide bonds. The van der Waals surface area contributed by atoms with E-state index in [0.29, 0.717) is 13.1 Å². The van der Waals surface area contributed by atoms with Gasteiger partial charge in [-0.05, 0) is 24.1 Å². The van der Waals surface area contributed by atoms with Crippen LogP contribution in [0.15, 0.2) is 41.8 Å². The molecule has 0 spiro atoms. The van der Waals surface area contributed by atoms with Crippen molar-refractivity contribution >= 4 is 58.4 Å². The second kappa shape index (κ2) is 11.0. The standard InChI is InChI=1S/C18H23ClN8.HI/c1-20-18(22-7-6-13-4-3-5-14(19)10-13)23-9-8-21-16-15-11-26-27(2)17(15)25-12-24-16;/h3-5,10-12H,6-9H2,1-2H3,(H2,20,22,23)(H,21,24,25);1H. The number of aromatic nitrogens is 4. The molecule has 3 rings (SSSR count). The summed E-state index contributed by atoms with van der Waals surface area (Å²) in [6.45, 7) is 2.16. The highest BCUT2D eigenvalue weighted by molar-refractivity contribution is 14.0. The third-order valence-corrected chi connectivity index (χ3v) is 4.29. The lowest BCUT2D eigenvalue weighted by Gasteiger charge is -2.13. The van der Waals surface area contributed by atoms with Gasteiger partial charge in [-0.25, -0.2) is 9.97 Å². The first-order valence-electron chi connectivity index (χ1n) is 8.73. The highest BCUT2D eigenvalue weighted by atomic mass is 127. The highest BCUT2D eigenvalue weighted by Crippen LogP contribution is 2.17. The van der Waals surface area contributed by atoms with E-state index in [1.165, 1.54) is 11.9 Å². The topological polar surface area (TPSA) is 92.1 Å². The fraction of sp³-hybridized carbons (Fsp3) is 0.333. The van der Waals surface area contributed by atoms with Crippen LogP contribution in [0.2, 0.25) is 5.02 Å². The first-order valence-corrected chi connectivity index (χ1v) is 9.10. The van der Waals surface area contributed by atoms with E-state index >= 15 is 0 Å². The van der Waals surface area contributed by atoms with Crippen LogP contribution in [-0.4, -0.2) is 52.4 Å². The van der Waals surface area contributed by atoms with E-state index in [9.17, 15) is 0 Å². The van der Waals surface area contributed by atoms with Crippen LogP contribution in [0.25, 0.3) is 11.0 Å². The summed E-state index contributed by atoms with van der Waals surface area (Å²) in [6, 6.07) is 7.88. The molecule has 0 unspecified atom stereocenters. The summed E-state index contributed by atoms with van der Waals surface area (Å²) >= 11 is 6.01. The van der Waals surface area contributed by atoms with E-state index < -0.39 is 0 Å². The molecule has 10 heteroatoms. The van der Waals surface area contributed by atoms with Gasteiger partial charge in [-0.1, -0.05) is 23.7 Å². The number of aliphatic imine (C=N–C) groups is 1. The number of aryl methyl sites for hydroxylation is 1. The number of nitrogens with one attached hydrogen (secondary N) is 3. The summed E-state index contributed by atoms with van der Waals surface area (Å²) in [7, 11) is 3.62. The molecule has 3 N–H and O–H groups in total. The van der Waals surface area contributed by atoms with Gasteiger partial charge in [0.2, 0.25) is 0 Å².